The van der Waals surface area contributed by atoms with Gasteiger partial charge in [-0.15, -0.1) is 0 Å². The molecule has 0 radical (unpaired) electrons. The summed E-state index contributed by atoms with van der Waals surface area (Å²) in [7, 11) is 0. The second-order valence-corrected chi connectivity index (χ2v) is 4.47. The van der Waals surface area contributed by atoms with E-state index in [9.17, 15) is 14.0 Å². The molecule has 5 heteroatoms. The summed E-state index contributed by atoms with van der Waals surface area (Å²) < 4.78 is 13.8. The van der Waals surface area contributed by atoms with Crippen LogP contribution in [0.4, 0.5) is 15.8 Å². The average molecular weight is 286 g/mol. The van der Waals surface area contributed by atoms with E-state index in [1.807, 2.05) is 6.07 Å². The van der Waals surface area contributed by atoms with Crippen molar-refractivity contribution < 1.29 is 14.0 Å². The number of halogens is 1. The second-order valence-electron chi connectivity index (χ2n) is 4.47. The van der Waals surface area contributed by atoms with E-state index in [0.29, 0.717) is 5.69 Å². The molecule has 0 aromatic heterocycles. The predicted molar refractivity (Wildman–Crippen MR) is 79.5 cm³/mol. The fourth-order valence-corrected chi connectivity index (χ4v) is 1.90. The third-order valence-corrected chi connectivity index (χ3v) is 2.88. The van der Waals surface area contributed by atoms with Gasteiger partial charge in [0.15, 0.2) is 0 Å². The molecule has 1 N–H and O–H groups in total. The summed E-state index contributed by atoms with van der Waals surface area (Å²) in [6, 6.07) is 14.7. The Bertz CT molecular complexity index is 644. The Hall–Kier alpha value is -2.69. The Morgan fingerprint density at radius 3 is 2.29 bits per heavy atom. The maximum atomic E-state index is 13.8. The van der Waals surface area contributed by atoms with Gasteiger partial charge in [0, 0.05) is 12.6 Å². The molecule has 21 heavy (non-hydrogen) atoms. The highest BCUT2D eigenvalue weighted by molar-refractivity contribution is 6.01. The molecule has 0 spiro atoms. The van der Waals surface area contributed by atoms with Gasteiger partial charge in [-0.25, -0.2) is 4.39 Å². The summed E-state index contributed by atoms with van der Waals surface area (Å²) in [5.41, 5.74) is 0.716. The van der Waals surface area contributed by atoms with Crippen LogP contribution in [-0.2, 0) is 9.59 Å². The number of nitrogens with one attached hydrogen (secondary N) is 1. The molecule has 2 amide bonds. The first-order valence-electron chi connectivity index (χ1n) is 6.45. The molecule has 2 aromatic carbocycles. The molecule has 0 aliphatic rings. The summed E-state index contributed by atoms with van der Waals surface area (Å²) in [4.78, 5) is 24.8. The van der Waals surface area contributed by atoms with E-state index in [0.717, 1.165) is 4.90 Å². The van der Waals surface area contributed by atoms with Crippen LogP contribution in [0.1, 0.15) is 6.92 Å². The number of carbonyl (C=O) groups is 2. The zero-order chi connectivity index (χ0) is 15.2. The number of nitrogens with zero attached hydrogens (tertiary/aromatic N) is 1. The smallest absolute Gasteiger partial charge is 0.244 e. The Labute approximate surface area is 122 Å². The predicted octanol–water partition coefficient (Wildman–Crippen LogP) is 2.82. The lowest BCUT2D eigenvalue weighted by Crippen LogP contribution is -2.37. The van der Waals surface area contributed by atoms with Crippen LogP contribution in [0.25, 0.3) is 0 Å². The van der Waals surface area contributed by atoms with Gasteiger partial charge in [0.2, 0.25) is 11.8 Å². The lowest BCUT2D eigenvalue weighted by Gasteiger charge is -2.21. The third-order valence-electron chi connectivity index (χ3n) is 2.88. The Kier molecular flexibility index (Phi) is 4.66. The summed E-state index contributed by atoms with van der Waals surface area (Å²) >= 11 is 0. The van der Waals surface area contributed by atoms with Crippen LogP contribution in [-0.4, -0.2) is 18.4 Å². The summed E-state index contributed by atoms with van der Waals surface area (Å²) in [5.74, 6) is -1.33. The topological polar surface area (TPSA) is 49.4 Å². The van der Waals surface area contributed by atoms with Crippen molar-refractivity contribution >= 4 is 23.2 Å². The summed E-state index contributed by atoms with van der Waals surface area (Å²) in [5, 5.41) is 2.66. The van der Waals surface area contributed by atoms with Crippen LogP contribution in [0, 0.1) is 5.82 Å². The highest BCUT2D eigenvalue weighted by atomic mass is 19.1. The van der Waals surface area contributed by atoms with Crippen molar-refractivity contribution in [2.45, 2.75) is 6.92 Å². The quantitative estimate of drug-likeness (QED) is 0.939. The Morgan fingerprint density at radius 1 is 1.05 bits per heavy atom. The molecule has 2 rings (SSSR count). The highest BCUT2D eigenvalue weighted by Crippen LogP contribution is 2.18. The Morgan fingerprint density at radius 2 is 1.67 bits per heavy atom. The van der Waals surface area contributed by atoms with Gasteiger partial charge in [0.1, 0.15) is 12.4 Å². The van der Waals surface area contributed by atoms with Crippen molar-refractivity contribution in [2.24, 2.45) is 0 Å². The van der Waals surface area contributed by atoms with Crippen molar-refractivity contribution in [3.8, 4) is 0 Å². The van der Waals surface area contributed by atoms with E-state index in [1.165, 1.54) is 25.1 Å². The van der Waals surface area contributed by atoms with Crippen molar-refractivity contribution in [3.05, 3.63) is 60.4 Å². The van der Waals surface area contributed by atoms with E-state index in [4.69, 9.17) is 0 Å². The SMILES string of the molecule is CC(=O)N(CC(=O)Nc1ccccc1)c1ccccc1F. The van der Waals surface area contributed by atoms with E-state index in [2.05, 4.69) is 5.32 Å². The zero-order valence-electron chi connectivity index (χ0n) is 11.5. The van der Waals surface area contributed by atoms with Gasteiger partial charge in [-0.2, -0.15) is 0 Å². The average Bonchev–Trinajstić information content (AvgIpc) is 2.46. The van der Waals surface area contributed by atoms with Gasteiger partial charge < -0.3 is 10.2 Å². The monoisotopic (exact) mass is 286 g/mol. The highest BCUT2D eigenvalue weighted by Gasteiger charge is 2.18. The number of benzene rings is 2. The lowest BCUT2D eigenvalue weighted by atomic mass is 10.2. The van der Waals surface area contributed by atoms with Crippen molar-refractivity contribution in [1.82, 2.24) is 0 Å². The van der Waals surface area contributed by atoms with Crippen molar-refractivity contribution in [1.29, 1.82) is 0 Å². The molecule has 0 fully saturated rings. The number of amides is 2. The van der Waals surface area contributed by atoms with Gasteiger partial charge in [-0.05, 0) is 24.3 Å². The van der Waals surface area contributed by atoms with Crippen LogP contribution in [0.2, 0.25) is 0 Å². The first kappa shape index (κ1) is 14.7. The molecule has 0 atom stereocenters. The number of carbonyl (C=O) groups excluding carboxylic acids is 2. The van der Waals surface area contributed by atoms with Crippen LogP contribution in [0.3, 0.4) is 0 Å². The van der Waals surface area contributed by atoms with Gasteiger partial charge >= 0.3 is 0 Å². The number of anilines is 2. The maximum absolute atomic E-state index is 13.8. The minimum Gasteiger partial charge on any atom is -0.325 e. The molecule has 0 aliphatic carbocycles. The van der Waals surface area contributed by atoms with Gasteiger partial charge in [0.05, 0.1) is 5.69 Å². The van der Waals surface area contributed by atoms with Crippen LogP contribution < -0.4 is 10.2 Å². The van der Waals surface area contributed by atoms with Gasteiger partial charge in [-0.1, -0.05) is 30.3 Å². The molecule has 0 saturated heterocycles. The fraction of sp³-hybridized carbons (Fsp3) is 0.125. The molecule has 4 nitrogen and oxygen atoms in total. The molecular weight excluding hydrogens is 271 g/mol. The van der Waals surface area contributed by atoms with Crippen LogP contribution in [0.15, 0.2) is 54.6 Å². The molecule has 2 aromatic rings. The van der Waals surface area contributed by atoms with E-state index >= 15 is 0 Å². The van der Waals surface area contributed by atoms with Crippen LogP contribution >= 0.6 is 0 Å². The second kappa shape index (κ2) is 6.65. The normalized spacial score (nSPS) is 10.0. The third kappa shape index (κ3) is 3.89. The van der Waals surface area contributed by atoms with Crippen LogP contribution in [0.5, 0.6) is 0 Å². The fourth-order valence-electron chi connectivity index (χ4n) is 1.90. The lowest BCUT2D eigenvalue weighted by molar-refractivity contribution is -0.120. The molecule has 0 heterocycles. The minimum atomic E-state index is -0.541. The number of hydrogen-bond acceptors (Lipinski definition) is 2. The van der Waals surface area contributed by atoms with Crippen molar-refractivity contribution in [2.75, 3.05) is 16.8 Å². The Balaban J connectivity index is 2.12. The molecule has 0 bridgehead atoms. The number of rotatable bonds is 4. The summed E-state index contributed by atoms with van der Waals surface area (Å²) in [6.07, 6.45) is 0. The molecular formula is C16H15FN2O2. The minimum absolute atomic E-state index is 0.0909. The largest absolute Gasteiger partial charge is 0.325 e. The van der Waals surface area contributed by atoms with E-state index in [1.54, 1.807) is 30.3 Å². The number of hydrogen-bond donors (Lipinski definition) is 1. The summed E-state index contributed by atoms with van der Waals surface area (Å²) in [6.45, 7) is 1.05. The van der Waals surface area contributed by atoms with Gasteiger partial charge in [0.25, 0.3) is 0 Å². The molecule has 0 unspecified atom stereocenters. The van der Waals surface area contributed by atoms with Gasteiger partial charge in [-0.3, -0.25) is 9.59 Å². The zero-order valence-corrected chi connectivity index (χ0v) is 11.5. The molecule has 108 valence electrons. The van der Waals surface area contributed by atoms with E-state index < -0.39 is 11.7 Å². The molecule has 0 saturated carbocycles. The van der Waals surface area contributed by atoms with E-state index in [-0.39, 0.29) is 18.1 Å². The maximum Gasteiger partial charge on any atom is 0.244 e. The first-order valence-corrected chi connectivity index (χ1v) is 6.45. The standard InChI is InChI=1S/C16H15FN2O2/c1-12(20)19(15-10-6-5-9-14(15)17)11-16(21)18-13-7-3-2-4-8-13/h2-10H,11H2,1H3,(H,18,21). The molecule has 0 aliphatic heterocycles. The first-order chi connectivity index (χ1) is 10.1. The van der Waals surface area contributed by atoms with Crippen molar-refractivity contribution in [3.63, 3.8) is 0 Å². The number of para-hydroxylation sites is 2.